The van der Waals surface area contributed by atoms with Crippen LogP contribution >= 0.6 is 0 Å². The molecule has 0 aliphatic rings. The highest BCUT2D eigenvalue weighted by Crippen LogP contribution is 2.07. The molecule has 2 rings (SSSR count). The number of rotatable bonds is 4. The fourth-order valence-electron chi connectivity index (χ4n) is 1.65. The number of nitrogens with one attached hydrogen (secondary N) is 1. The molecule has 1 aromatic carbocycles. The highest BCUT2D eigenvalue weighted by atomic mass is 16.3. The van der Waals surface area contributed by atoms with Gasteiger partial charge in [-0.05, 0) is 43.2 Å². The predicted octanol–water partition coefficient (Wildman–Crippen LogP) is 2.14. The largest absolute Gasteiger partial charge is 0.456 e. The van der Waals surface area contributed by atoms with Gasteiger partial charge in [-0.3, -0.25) is 4.79 Å². The zero-order valence-electron chi connectivity index (χ0n) is 10.3. The lowest BCUT2D eigenvalue weighted by molar-refractivity contribution is 0.0925. The molecule has 4 nitrogen and oxygen atoms in total. The van der Waals surface area contributed by atoms with Crippen LogP contribution in [0.25, 0.3) is 0 Å². The number of anilines is 1. The molecule has 0 fully saturated rings. The molecule has 1 amide bonds. The normalized spacial score (nSPS) is 10.3. The van der Waals surface area contributed by atoms with Crippen molar-refractivity contribution < 1.29 is 9.21 Å². The first-order chi connectivity index (χ1) is 8.65. The Morgan fingerprint density at radius 2 is 1.94 bits per heavy atom. The number of nitrogens with two attached hydrogens (primary N) is 1. The van der Waals surface area contributed by atoms with E-state index in [0.29, 0.717) is 12.3 Å². The van der Waals surface area contributed by atoms with E-state index in [2.05, 4.69) is 5.32 Å². The number of aryl methyl sites for hydroxylation is 1. The molecule has 18 heavy (non-hydrogen) atoms. The highest BCUT2D eigenvalue weighted by molar-refractivity contribution is 5.91. The van der Waals surface area contributed by atoms with Gasteiger partial charge < -0.3 is 15.5 Å². The standard InChI is InChI=1S/C14H16N2O2/c1-10-2-7-13(18-10)14(17)16-9-8-11-3-5-12(15)6-4-11/h2-7H,8-9,15H2,1H3,(H,16,17). The van der Waals surface area contributed by atoms with Crippen LogP contribution in [-0.4, -0.2) is 12.5 Å². The first-order valence-corrected chi connectivity index (χ1v) is 5.84. The lowest BCUT2D eigenvalue weighted by Gasteiger charge is -2.04. The van der Waals surface area contributed by atoms with E-state index in [0.717, 1.165) is 23.4 Å². The third kappa shape index (κ3) is 3.13. The molecule has 0 unspecified atom stereocenters. The van der Waals surface area contributed by atoms with Gasteiger partial charge in [-0.15, -0.1) is 0 Å². The van der Waals surface area contributed by atoms with Gasteiger partial charge >= 0.3 is 0 Å². The predicted molar refractivity (Wildman–Crippen MR) is 70.3 cm³/mol. The third-order valence-corrected chi connectivity index (χ3v) is 2.64. The van der Waals surface area contributed by atoms with Gasteiger partial charge in [0.25, 0.3) is 5.91 Å². The third-order valence-electron chi connectivity index (χ3n) is 2.64. The summed E-state index contributed by atoms with van der Waals surface area (Å²) in [7, 11) is 0. The molecular formula is C14H16N2O2. The van der Waals surface area contributed by atoms with Crippen molar-refractivity contribution in [1.82, 2.24) is 5.32 Å². The van der Waals surface area contributed by atoms with E-state index in [1.165, 1.54) is 0 Å². The van der Waals surface area contributed by atoms with Crippen LogP contribution in [0.1, 0.15) is 21.9 Å². The molecule has 1 aromatic heterocycles. The molecule has 0 bridgehead atoms. The van der Waals surface area contributed by atoms with Gasteiger partial charge in [0.05, 0.1) is 0 Å². The molecule has 0 saturated heterocycles. The van der Waals surface area contributed by atoms with E-state index in [1.807, 2.05) is 31.2 Å². The molecular weight excluding hydrogens is 228 g/mol. The lowest BCUT2D eigenvalue weighted by atomic mass is 10.1. The summed E-state index contributed by atoms with van der Waals surface area (Å²) < 4.78 is 5.24. The van der Waals surface area contributed by atoms with Crippen LogP contribution in [0, 0.1) is 6.92 Å². The van der Waals surface area contributed by atoms with Crippen molar-refractivity contribution in [1.29, 1.82) is 0 Å². The molecule has 2 aromatic rings. The maximum atomic E-state index is 11.7. The van der Waals surface area contributed by atoms with Crippen molar-refractivity contribution in [2.45, 2.75) is 13.3 Å². The van der Waals surface area contributed by atoms with Crippen LogP contribution in [0.4, 0.5) is 5.69 Å². The van der Waals surface area contributed by atoms with Crippen molar-refractivity contribution in [2.75, 3.05) is 12.3 Å². The summed E-state index contributed by atoms with van der Waals surface area (Å²) in [6.45, 7) is 2.38. The van der Waals surface area contributed by atoms with Gasteiger partial charge in [0.15, 0.2) is 5.76 Å². The Balaban J connectivity index is 1.82. The molecule has 4 heteroatoms. The minimum atomic E-state index is -0.182. The van der Waals surface area contributed by atoms with E-state index in [9.17, 15) is 4.79 Å². The summed E-state index contributed by atoms with van der Waals surface area (Å²) in [4.78, 5) is 11.7. The van der Waals surface area contributed by atoms with Crippen molar-refractivity contribution in [3.05, 3.63) is 53.5 Å². The van der Waals surface area contributed by atoms with Crippen molar-refractivity contribution in [2.24, 2.45) is 0 Å². The summed E-state index contributed by atoms with van der Waals surface area (Å²) in [6.07, 6.45) is 0.770. The fourth-order valence-corrected chi connectivity index (χ4v) is 1.65. The highest BCUT2D eigenvalue weighted by Gasteiger charge is 2.08. The van der Waals surface area contributed by atoms with Crippen LogP contribution < -0.4 is 11.1 Å². The lowest BCUT2D eigenvalue weighted by Crippen LogP contribution is -2.25. The minimum absolute atomic E-state index is 0.182. The summed E-state index contributed by atoms with van der Waals surface area (Å²) in [5.41, 5.74) is 7.48. The summed E-state index contributed by atoms with van der Waals surface area (Å²) in [5.74, 6) is 0.905. The van der Waals surface area contributed by atoms with Gasteiger partial charge in [0.2, 0.25) is 0 Å². The van der Waals surface area contributed by atoms with Crippen LogP contribution in [0.3, 0.4) is 0 Å². The Morgan fingerprint density at radius 3 is 2.56 bits per heavy atom. The number of hydrogen-bond donors (Lipinski definition) is 2. The Hall–Kier alpha value is -2.23. The van der Waals surface area contributed by atoms with E-state index >= 15 is 0 Å². The average Bonchev–Trinajstić information content (AvgIpc) is 2.78. The minimum Gasteiger partial charge on any atom is -0.456 e. The molecule has 0 aliphatic carbocycles. The van der Waals surface area contributed by atoms with Gasteiger partial charge in [-0.25, -0.2) is 0 Å². The van der Waals surface area contributed by atoms with Gasteiger partial charge in [-0.1, -0.05) is 12.1 Å². The molecule has 3 N–H and O–H groups in total. The quantitative estimate of drug-likeness (QED) is 0.810. The van der Waals surface area contributed by atoms with Crippen molar-refractivity contribution in [3.63, 3.8) is 0 Å². The number of amides is 1. The number of carbonyl (C=O) groups is 1. The van der Waals surface area contributed by atoms with E-state index < -0.39 is 0 Å². The molecule has 0 radical (unpaired) electrons. The van der Waals surface area contributed by atoms with Crippen molar-refractivity contribution in [3.8, 4) is 0 Å². The smallest absolute Gasteiger partial charge is 0.287 e. The van der Waals surface area contributed by atoms with E-state index in [-0.39, 0.29) is 5.91 Å². The summed E-state index contributed by atoms with van der Waals surface area (Å²) in [6, 6.07) is 11.1. The van der Waals surface area contributed by atoms with Crippen LogP contribution in [0.2, 0.25) is 0 Å². The fraction of sp³-hybridized carbons (Fsp3) is 0.214. The first kappa shape index (κ1) is 12.2. The number of hydrogen-bond acceptors (Lipinski definition) is 3. The Morgan fingerprint density at radius 1 is 1.22 bits per heavy atom. The molecule has 0 atom stereocenters. The zero-order valence-corrected chi connectivity index (χ0v) is 10.3. The van der Waals surface area contributed by atoms with Crippen LogP contribution in [-0.2, 0) is 6.42 Å². The maximum absolute atomic E-state index is 11.7. The number of benzene rings is 1. The topological polar surface area (TPSA) is 68.3 Å². The Kier molecular flexibility index (Phi) is 3.67. The number of furan rings is 1. The molecule has 94 valence electrons. The van der Waals surface area contributed by atoms with Gasteiger partial charge in [0.1, 0.15) is 5.76 Å². The number of nitrogen functional groups attached to an aromatic ring is 1. The van der Waals surface area contributed by atoms with Crippen LogP contribution in [0.5, 0.6) is 0 Å². The maximum Gasteiger partial charge on any atom is 0.287 e. The Bertz CT molecular complexity index is 529. The van der Waals surface area contributed by atoms with Gasteiger partial charge in [-0.2, -0.15) is 0 Å². The van der Waals surface area contributed by atoms with E-state index in [4.69, 9.17) is 10.2 Å². The first-order valence-electron chi connectivity index (χ1n) is 5.84. The summed E-state index contributed by atoms with van der Waals surface area (Å²) >= 11 is 0. The van der Waals surface area contributed by atoms with Crippen molar-refractivity contribution >= 4 is 11.6 Å². The SMILES string of the molecule is Cc1ccc(C(=O)NCCc2ccc(N)cc2)o1. The molecule has 1 heterocycles. The second-order valence-corrected chi connectivity index (χ2v) is 4.16. The van der Waals surface area contributed by atoms with E-state index in [1.54, 1.807) is 12.1 Å². The molecule has 0 saturated carbocycles. The van der Waals surface area contributed by atoms with Gasteiger partial charge in [0, 0.05) is 12.2 Å². The average molecular weight is 244 g/mol. The van der Waals surface area contributed by atoms with Crippen LogP contribution in [0.15, 0.2) is 40.8 Å². The second-order valence-electron chi connectivity index (χ2n) is 4.16. The molecule has 0 spiro atoms. The summed E-state index contributed by atoms with van der Waals surface area (Å²) in [5, 5.41) is 2.81. The second kappa shape index (κ2) is 5.40. The number of carbonyl (C=O) groups excluding carboxylic acids is 1. The zero-order chi connectivity index (χ0) is 13.0. The molecule has 0 aliphatic heterocycles. The Labute approximate surface area is 106 Å². The monoisotopic (exact) mass is 244 g/mol.